The summed E-state index contributed by atoms with van der Waals surface area (Å²) in [6.45, 7) is 5.95. The van der Waals surface area contributed by atoms with Crippen molar-refractivity contribution in [1.29, 1.82) is 0 Å². The zero-order chi connectivity index (χ0) is 42.6. The van der Waals surface area contributed by atoms with E-state index in [-0.39, 0.29) is 0 Å². The number of ether oxygens (including phenoxy) is 1. The fourth-order valence-electron chi connectivity index (χ4n) is 10.4. The molecule has 8 aromatic rings. The molecule has 7 heterocycles. The van der Waals surface area contributed by atoms with Crippen LogP contribution in [0.25, 0.3) is 66.7 Å². The second kappa shape index (κ2) is 19.9. The van der Waals surface area contributed by atoms with Crippen LogP contribution in [0.3, 0.4) is 0 Å². The third-order valence-electron chi connectivity index (χ3n) is 13.5. The number of aryl methyl sites for hydroxylation is 2. The first-order valence-electron chi connectivity index (χ1n) is 22.3. The van der Waals surface area contributed by atoms with E-state index in [9.17, 15) is 0 Å². The second-order valence-electron chi connectivity index (χ2n) is 17.5. The molecule has 4 saturated carbocycles. The Morgan fingerprint density at radius 3 is 1.65 bits per heavy atom. The molecule has 0 N–H and O–H groups in total. The average Bonchev–Trinajstić information content (AvgIpc) is 4.19. The van der Waals surface area contributed by atoms with Crippen molar-refractivity contribution in [3.8, 4) is 22.5 Å². The van der Waals surface area contributed by atoms with Crippen molar-refractivity contribution in [1.82, 2.24) is 19.9 Å². The normalized spacial score (nSPS) is 21.9. The fourth-order valence-corrected chi connectivity index (χ4v) is 10.6. The van der Waals surface area contributed by atoms with Gasteiger partial charge in [-0.2, -0.15) is 12.3 Å². The molecule has 5 aliphatic rings. The molecule has 6 aromatic heterocycles. The molecule has 1 saturated heterocycles. The van der Waals surface area contributed by atoms with E-state index in [2.05, 4.69) is 106 Å². The van der Waals surface area contributed by atoms with Gasteiger partial charge >= 0.3 is 30.0 Å². The summed E-state index contributed by atoms with van der Waals surface area (Å²) < 4.78 is 18.0. The van der Waals surface area contributed by atoms with Crippen LogP contribution < -0.4 is 0 Å². The first-order valence-corrected chi connectivity index (χ1v) is 30.0. The monoisotopic (exact) mass is 1000 g/mol. The van der Waals surface area contributed by atoms with Crippen molar-refractivity contribution in [2.45, 2.75) is 84.0 Å². The molecular weight excluding hydrogens is 954 g/mol. The summed E-state index contributed by atoms with van der Waals surface area (Å²) in [6, 6.07) is 29.0. The topological polar surface area (TPSA) is 87.1 Å². The Kier molecular flexibility index (Phi) is 14.0. The van der Waals surface area contributed by atoms with Crippen LogP contribution >= 0.6 is 29.6 Å². The molecule has 4 bridgehead atoms. The predicted molar refractivity (Wildman–Crippen MR) is 254 cm³/mol. The van der Waals surface area contributed by atoms with Crippen LogP contribution in [0.1, 0.15) is 87.1 Å². The van der Waals surface area contributed by atoms with E-state index in [4.69, 9.17) is 18.6 Å². The van der Waals surface area contributed by atoms with Crippen LogP contribution in [0, 0.1) is 43.9 Å². The maximum absolute atomic E-state index is 6.14. The maximum atomic E-state index is 6.14. The zero-order valence-electron chi connectivity index (χ0n) is 35.7. The number of nitrogens with zero attached hydrogens (tertiary/aromatic N) is 4. The minimum absolute atomic E-state index is 0.676. The number of rotatable bonds is 3. The van der Waals surface area contributed by atoms with E-state index in [1.54, 1.807) is 6.20 Å². The van der Waals surface area contributed by atoms with Gasteiger partial charge in [-0.1, -0.05) is 61.9 Å². The van der Waals surface area contributed by atoms with E-state index in [1.807, 2.05) is 50.2 Å². The molecule has 7 nitrogen and oxygen atoms in total. The zero-order valence-corrected chi connectivity index (χ0v) is 41.8. The van der Waals surface area contributed by atoms with E-state index in [0.717, 1.165) is 114 Å². The number of fused-ring (bicyclic) bond motifs is 10. The summed E-state index contributed by atoms with van der Waals surface area (Å²) in [5.41, 5.74) is 10.3. The number of furan rings is 2. The third-order valence-corrected chi connectivity index (χ3v) is 13.9. The molecule has 10 heteroatoms. The van der Waals surface area contributed by atoms with Crippen molar-refractivity contribution >= 4 is 73.7 Å². The fraction of sp³-hybridized carbons (Fsp3) is 0.365. The first-order chi connectivity index (χ1) is 30.4. The van der Waals surface area contributed by atoms with Gasteiger partial charge in [0, 0.05) is 74.1 Å². The van der Waals surface area contributed by atoms with Crippen molar-refractivity contribution in [2.75, 3.05) is 13.2 Å². The van der Waals surface area contributed by atoms with Gasteiger partial charge in [0.1, 0.15) is 11.2 Å². The van der Waals surface area contributed by atoms with Crippen molar-refractivity contribution in [3.05, 3.63) is 125 Å². The molecule has 5 unspecified atom stereocenters. The molecule has 2 aromatic carbocycles. The van der Waals surface area contributed by atoms with Gasteiger partial charge in [0.25, 0.3) is 0 Å². The van der Waals surface area contributed by atoms with Gasteiger partial charge in [-0.05, 0) is 140 Å². The predicted octanol–water partition coefficient (Wildman–Crippen LogP) is 15.0. The Hall–Kier alpha value is -3.82. The van der Waals surface area contributed by atoms with Gasteiger partial charge in [0.05, 0.1) is 11.4 Å². The summed E-state index contributed by atoms with van der Waals surface area (Å²) >= 11 is 7.66. The number of aromatic nitrogens is 4. The number of hydrogen-bond donors (Lipinski definition) is 0. The number of para-hydroxylation sites is 2. The minimum atomic E-state index is 0.676. The van der Waals surface area contributed by atoms with Crippen molar-refractivity contribution < 1.29 is 29.9 Å². The van der Waals surface area contributed by atoms with Gasteiger partial charge in [-0.25, -0.2) is 9.97 Å². The Bertz CT molecular complexity index is 2740. The number of halogens is 2. The number of hydrogen-bond acceptors (Lipinski definition) is 7. The van der Waals surface area contributed by atoms with E-state index < -0.39 is 0 Å². The molecule has 1 aliphatic heterocycles. The Labute approximate surface area is 389 Å². The van der Waals surface area contributed by atoms with Gasteiger partial charge in [0.15, 0.2) is 0 Å². The molecule has 13 rings (SSSR count). The Balaban J connectivity index is 0.000000122. The van der Waals surface area contributed by atoms with Gasteiger partial charge in [-0.15, -0.1) is 0 Å². The summed E-state index contributed by atoms with van der Waals surface area (Å²) in [7, 11) is 0. The SMILES string of the molecule is C1CCOC1.Cc1ccc2c(n1)oc1c(-c3ccc(Br)cn3)cccc12.Cc1ccc2c(n1)oc1c(-c3ccc(C4CC5CCC4C5)cn3)cccc12.[CH-]1CC2CCC1C2.[Zn+][Br]. The average molecular weight is 1010 g/mol. The molecule has 62 heavy (non-hydrogen) atoms. The van der Waals surface area contributed by atoms with Crippen LogP contribution in [-0.4, -0.2) is 33.1 Å². The molecule has 0 spiro atoms. The van der Waals surface area contributed by atoms with Gasteiger partial charge in [0.2, 0.25) is 11.4 Å². The molecule has 5 atom stereocenters. The quantitative estimate of drug-likeness (QED) is 0.129. The Morgan fingerprint density at radius 2 is 1.23 bits per heavy atom. The van der Waals surface area contributed by atoms with Gasteiger partial charge in [-0.3, -0.25) is 9.97 Å². The number of pyridine rings is 4. The molecule has 5 fully saturated rings. The second-order valence-corrected chi connectivity index (χ2v) is 18.4. The molecule has 0 radical (unpaired) electrons. The first kappa shape index (κ1) is 43.4. The van der Waals surface area contributed by atoms with Crippen LogP contribution in [-0.2, 0) is 21.1 Å². The van der Waals surface area contributed by atoms with Gasteiger partial charge < -0.3 is 20.0 Å². The van der Waals surface area contributed by atoms with E-state index in [1.165, 1.54) is 86.1 Å². The third kappa shape index (κ3) is 9.50. The van der Waals surface area contributed by atoms with Crippen molar-refractivity contribution in [3.63, 3.8) is 0 Å². The van der Waals surface area contributed by atoms with E-state index >= 15 is 0 Å². The van der Waals surface area contributed by atoms with E-state index in [0.29, 0.717) is 11.4 Å². The summed E-state index contributed by atoms with van der Waals surface area (Å²) in [5.74, 6) is 4.73. The van der Waals surface area contributed by atoms with Crippen LogP contribution in [0.15, 0.2) is 111 Å². The molecular formula is C52H52Br2N4O3Zn. The summed E-state index contributed by atoms with van der Waals surface area (Å²) in [6.07, 6.45) is 20.6. The van der Waals surface area contributed by atoms with Crippen LogP contribution in [0.2, 0.25) is 0 Å². The summed E-state index contributed by atoms with van der Waals surface area (Å²) in [4.78, 5) is 18.3. The molecule has 314 valence electrons. The van der Waals surface area contributed by atoms with Crippen LogP contribution in [0.5, 0.6) is 0 Å². The number of benzene rings is 2. The van der Waals surface area contributed by atoms with Crippen LogP contribution in [0.4, 0.5) is 0 Å². The van der Waals surface area contributed by atoms with Crippen molar-refractivity contribution in [2.24, 2.45) is 23.7 Å². The molecule has 0 amide bonds. The summed E-state index contributed by atoms with van der Waals surface area (Å²) in [5, 5.41) is 4.28. The standard InChI is InChI=1S/C24H22N2O.C17H11BrN2O.C7H11.C4H8O.BrH.Zn/c1-14-5-9-19-18-3-2-4-20(23(18)27-24(19)26-14)22-10-8-17(13-25-22)21-12-15-6-7-16(21)11-15;1-10-5-7-13-12-3-2-4-14(16(12)21-17(13)20-10)15-8-6-11(18)9-19-15;1-2-7-4-3-6(1)5-7;1-2-4-5-3-1;;/h2-5,8-10,13,15-16,21H,6-7,11-12H2,1H3;2-9H,1H3;1,6-7H,2-5H2;1-4H2;1H;/q;;-1;;;+2/p-1. The Morgan fingerprint density at radius 1 is 0.613 bits per heavy atom. The molecule has 4 aliphatic carbocycles.